The minimum atomic E-state index is -2.64. The van der Waals surface area contributed by atoms with Crippen LogP contribution in [0.5, 0.6) is 0 Å². The van der Waals surface area contributed by atoms with E-state index < -0.39 is 125 Å². The van der Waals surface area contributed by atoms with Gasteiger partial charge < -0.3 is 97.2 Å². The Morgan fingerprint density at radius 3 is 2.26 bits per heavy atom. The second-order valence-electron chi connectivity index (χ2n) is 25.7. The van der Waals surface area contributed by atoms with Gasteiger partial charge in [0.05, 0.1) is 83.6 Å². The van der Waals surface area contributed by atoms with Crippen molar-refractivity contribution in [1.29, 1.82) is 0 Å². The maximum atomic E-state index is 14.4. The molecule has 14 aliphatic heterocycles. The van der Waals surface area contributed by atoms with Crippen molar-refractivity contribution in [3.63, 3.8) is 0 Å². The Kier molecular flexibility index (Phi) is 14.5. The van der Waals surface area contributed by atoms with Crippen LogP contribution in [0.3, 0.4) is 0 Å². The predicted octanol–water partition coefficient (Wildman–Crippen LogP) is 3.27. The van der Waals surface area contributed by atoms with Crippen LogP contribution in [-0.4, -0.2) is 201 Å². The zero-order chi connectivity index (χ0) is 53.8. The highest BCUT2D eigenvalue weighted by molar-refractivity contribution is 14.1. The van der Waals surface area contributed by atoms with Crippen molar-refractivity contribution in [3.05, 3.63) is 24.3 Å². The van der Waals surface area contributed by atoms with Gasteiger partial charge >= 0.3 is 5.97 Å². The van der Waals surface area contributed by atoms with Crippen LogP contribution >= 0.6 is 22.6 Å². The summed E-state index contributed by atoms with van der Waals surface area (Å²) in [4.78, 5) is 14.4. The number of carbonyl (C=O) groups excluding carboxylic acids is 1. The van der Waals surface area contributed by atoms with Gasteiger partial charge in [-0.1, -0.05) is 49.6 Å². The van der Waals surface area contributed by atoms with Crippen molar-refractivity contribution in [2.45, 2.75) is 297 Å². The van der Waals surface area contributed by atoms with Crippen molar-refractivity contribution < 1.29 is 96.3 Å². The quantitative estimate of drug-likeness (QED) is 0.0893. The number of alkyl halides is 1. The minimum Gasteiger partial charge on any atom is -0.459 e. The number of aliphatic hydroxyl groups excluding tert-OH is 2. The lowest BCUT2D eigenvalue weighted by Gasteiger charge is -2.51. The summed E-state index contributed by atoms with van der Waals surface area (Å²) in [6, 6.07) is 0. The monoisotopic (exact) mass is 1210 g/mol. The summed E-state index contributed by atoms with van der Waals surface area (Å²) in [5, 5.41) is 45.3. The van der Waals surface area contributed by atoms with Crippen LogP contribution in [0.25, 0.3) is 0 Å². The van der Waals surface area contributed by atoms with Crippen LogP contribution < -0.4 is 5.73 Å². The van der Waals surface area contributed by atoms with E-state index in [2.05, 4.69) is 49.6 Å². The molecule has 10 bridgehead atoms. The molecule has 436 valence electrons. The van der Waals surface area contributed by atoms with Crippen LogP contribution in [0.4, 0.5) is 0 Å². The number of hydrogen-bond acceptors (Lipinski definition) is 21. The Morgan fingerprint density at radius 1 is 0.628 bits per heavy atom. The fourth-order valence-corrected chi connectivity index (χ4v) is 17.4. The number of ether oxygens (including phenoxy) is 15. The van der Waals surface area contributed by atoms with E-state index in [9.17, 15) is 25.2 Å². The average molecular weight is 1210 g/mol. The van der Waals surface area contributed by atoms with Crippen LogP contribution in [0.15, 0.2) is 24.3 Å². The van der Waals surface area contributed by atoms with Gasteiger partial charge in [-0.3, -0.25) is 4.79 Å². The van der Waals surface area contributed by atoms with Crippen molar-refractivity contribution in [2.75, 3.05) is 6.54 Å². The molecule has 0 amide bonds. The standard InChI is InChI=1S/C56H80INO20/c1-24-15-28-5-7-32-25(2)16-30(64-32)9-13-55-52(61)56(62,63)49(77-55)48-44(57)47(76-55)46-34(69-48)8-6-29(66-46)17-43(60)68-37-20-40-50(71-38(37)18-35(65-28)27(24)4)72-51-42(67-40)23-54(78-51)22-41-33(73-54)10-12-53(75-41)21-26(3)45-39(74-53)19-36(70-45)31(59)11-14-58/h24,26,28-42,44-52,59,61-63H,2,4-23,58H2,1,3H3/t24-,26+,28+,29-,30+,31+,32+,33+,34+,35-,36+,37-,38+,39+,40+,41+,42-,44+,45+,46+,47-,48-,49?,50+,51+,52+,53+,54+,55-/m1/s1. The molecule has 0 radical (unpaired) electrons. The number of esters is 1. The molecule has 14 aliphatic rings. The normalized spacial score (nSPS) is 55.7. The summed E-state index contributed by atoms with van der Waals surface area (Å²) in [7, 11) is 0. The first-order valence-electron chi connectivity index (χ1n) is 29.4. The SMILES string of the molecule is C=C1C[C@@H]2CC[C@]34OC([C@@H]5O[C@H]6CC[C@H](CC(=O)O[C@@H]7C[C@@H]8O[C@@H]9C[C@]%10(C[C@@H]%11O[C@@]%12(CC[C@@H]%11O%10)C[C@H](C)[C@@H]%10O[C@H]([C@@H](O)CCN)C[C@@H]%10O%12)O[C@@H]9O[C@@H]8O[C@H]7C[C@H]7O[C@@H](CC[C@@H]1O2)C[C@@H](C)C7=C)O[C@@H]6[C@H](O3)[C@@H]5I)C(O)(O)[C@H]4O. The lowest BCUT2D eigenvalue weighted by atomic mass is 9.83. The Morgan fingerprint density at radius 2 is 1.41 bits per heavy atom. The molecule has 14 rings (SSSR count). The highest BCUT2D eigenvalue weighted by atomic mass is 127. The summed E-state index contributed by atoms with van der Waals surface area (Å²) in [5.41, 5.74) is 7.67. The highest BCUT2D eigenvalue weighted by Gasteiger charge is 2.72. The fraction of sp³-hybridized carbons (Fsp3) is 0.911. The van der Waals surface area contributed by atoms with E-state index in [-0.39, 0.29) is 73.5 Å². The number of fused-ring (bicyclic) bond motifs is 13. The first kappa shape index (κ1) is 54.8. The number of nitrogens with two attached hydrogens (primary N) is 1. The summed E-state index contributed by atoms with van der Waals surface area (Å²) < 4.78 is 100. The second kappa shape index (κ2) is 20.6. The summed E-state index contributed by atoms with van der Waals surface area (Å²) in [6.07, 6.45) is -4.34. The van der Waals surface area contributed by atoms with E-state index in [1.165, 1.54) is 0 Å². The van der Waals surface area contributed by atoms with E-state index >= 15 is 0 Å². The largest absolute Gasteiger partial charge is 0.459 e. The lowest BCUT2D eigenvalue weighted by Crippen LogP contribution is -2.68. The molecule has 14 saturated heterocycles. The third-order valence-electron chi connectivity index (χ3n) is 20.3. The first-order chi connectivity index (χ1) is 37.4. The van der Waals surface area contributed by atoms with E-state index in [0.717, 1.165) is 24.0 Å². The highest BCUT2D eigenvalue weighted by Crippen LogP contribution is 2.56. The van der Waals surface area contributed by atoms with Crippen LogP contribution in [0.1, 0.15) is 129 Å². The summed E-state index contributed by atoms with van der Waals surface area (Å²) in [5.74, 6) is -6.40. The van der Waals surface area contributed by atoms with Crippen LogP contribution in [0.2, 0.25) is 0 Å². The Hall–Kier alpha value is -1.08. The van der Waals surface area contributed by atoms with Gasteiger partial charge in [-0.25, -0.2) is 0 Å². The van der Waals surface area contributed by atoms with Gasteiger partial charge in [0, 0.05) is 51.4 Å². The maximum absolute atomic E-state index is 14.4. The van der Waals surface area contributed by atoms with E-state index in [0.29, 0.717) is 96.4 Å². The number of halogens is 1. The second-order valence-corrected chi connectivity index (χ2v) is 27.1. The van der Waals surface area contributed by atoms with Gasteiger partial charge in [0.2, 0.25) is 11.6 Å². The Balaban J connectivity index is 0.684. The summed E-state index contributed by atoms with van der Waals surface area (Å²) >= 11 is 2.20. The fourth-order valence-electron chi connectivity index (χ4n) is 16.3. The smallest absolute Gasteiger partial charge is 0.308 e. The molecule has 78 heavy (non-hydrogen) atoms. The number of aliphatic hydroxyl groups is 4. The molecule has 0 aliphatic carbocycles. The molecule has 6 N–H and O–H groups in total. The molecular formula is C56H80INO20. The van der Waals surface area contributed by atoms with E-state index in [4.69, 9.17) is 76.8 Å². The van der Waals surface area contributed by atoms with Gasteiger partial charge in [-0.2, -0.15) is 0 Å². The number of hydrogen-bond donors (Lipinski definition) is 5. The zero-order valence-electron chi connectivity index (χ0n) is 44.6. The van der Waals surface area contributed by atoms with Gasteiger partial charge in [0.15, 0.2) is 30.3 Å². The average Bonchev–Trinajstić information content (AvgIpc) is 4.37. The maximum Gasteiger partial charge on any atom is 0.308 e. The number of rotatable bonds is 3. The molecule has 0 aromatic rings. The first-order valence-corrected chi connectivity index (χ1v) is 30.6. The third-order valence-corrected chi connectivity index (χ3v) is 21.7. The summed E-state index contributed by atoms with van der Waals surface area (Å²) in [6.45, 7) is 13.7. The molecule has 29 atom stereocenters. The molecule has 0 aromatic carbocycles. The molecule has 14 heterocycles. The zero-order valence-corrected chi connectivity index (χ0v) is 46.8. The molecule has 21 nitrogen and oxygen atoms in total. The van der Waals surface area contributed by atoms with Gasteiger partial charge in [0.25, 0.3) is 0 Å². The molecule has 1 unspecified atom stereocenters. The van der Waals surface area contributed by atoms with Gasteiger partial charge in [0.1, 0.15) is 48.8 Å². The third kappa shape index (κ3) is 9.56. The van der Waals surface area contributed by atoms with Crippen molar-refractivity contribution in [1.82, 2.24) is 0 Å². The molecule has 0 aromatic heterocycles. The van der Waals surface area contributed by atoms with E-state index in [1.807, 2.05) is 0 Å². The minimum absolute atomic E-state index is 0.0550. The van der Waals surface area contributed by atoms with E-state index in [1.54, 1.807) is 0 Å². The van der Waals surface area contributed by atoms with Crippen LogP contribution in [0, 0.1) is 11.8 Å². The molecular weight excluding hydrogens is 1130 g/mol. The molecule has 3 spiro atoms. The van der Waals surface area contributed by atoms with Gasteiger partial charge in [-0.15, -0.1) is 0 Å². The lowest BCUT2D eigenvalue weighted by molar-refractivity contribution is -0.383. The molecule has 22 heteroatoms. The Bertz CT molecular complexity index is 2300. The molecule has 14 fully saturated rings. The molecule has 0 saturated carbocycles. The number of carbonyl (C=O) groups is 1. The van der Waals surface area contributed by atoms with Gasteiger partial charge in [-0.05, 0) is 87.3 Å². The Labute approximate surface area is 468 Å². The predicted molar refractivity (Wildman–Crippen MR) is 275 cm³/mol. The van der Waals surface area contributed by atoms with Crippen molar-refractivity contribution in [2.24, 2.45) is 17.6 Å². The van der Waals surface area contributed by atoms with Crippen LogP contribution in [-0.2, 0) is 75.8 Å². The topological polar surface area (TPSA) is 262 Å². The van der Waals surface area contributed by atoms with Crippen molar-refractivity contribution >= 4 is 28.6 Å². The van der Waals surface area contributed by atoms with Crippen molar-refractivity contribution in [3.8, 4) is 0 Å².